The fourth-order valence-electron chi connectivity index (χ4n) is 3.84. The number of piperidine rings is 2. The molecule has 2 aliphatic rings. The van der Waals surface area contributed by atoms with E-state index in [2.05, 4.69) is 11.8 Å². The molecule has 5 nitrogen and oxygen atoms in total. The number of hydrogen-bond donors (Lipinski definition) is 1. The molecule has 0 unspecified atom stereocenters. The lowest BCUT2D eigenvalue weighted by Crippen LogP contribution is -2.42. The Bertz CT molecular complexity index is 578. The quantitative estimate of drug-likeness (QED) is 0.890. The molecule has 0 aliphatic carbocycles. The van der Waals surface area contributed by atoms with Crippen LogP contribution in [0.1, 0.15) is 49.4 Å². The van der Waals surface area contributed by atoms with Gasteiger partial charge < -0.3 is 14.7 Å². The highest BCUT2D eigenvalue weighted by Gasteiger charge is 2.25. The van der Waals surface area contributed by atoms with Crippen LogP contribution in [0.4, 0.5) is 0 Å². The first-order chi connectivity index (χ1) is 12.1. The predicted octanol–water partition coefficient (Wildman–Crippen LogP) is 2.54. The van der Waals surface area contributed by atoms with Crippen LogP contribution in [0.25, 0.3) is 0 Å². The molecule has 5 heteroatoms. The number of carbonyl (C=O) groups excluding carboxylic acids is 1. The Balaban J connectivity index is 1.59. The zero-order valence-corrected chi connectivity index (χ0v) is 15.2. The highest BCUT2D eigenvalue weighted by atomic mass is 16.5. The molecule has 2 fully saturated rings. The first kappa shape index (κ1) is 18.2. The van der Waals surface area contributed by atoms with E-state index in [0.29, 0.717) is 37.1 Å². The minimum absolute atomic E-state index is 0.0410. The average Bonchev–Trinajstić information content (AvgIpc) is 2.63. The molecule has 2 aliphatic heterocycles. The summed E-state index contributed by atoms with van der Waals surface area (Å²) >= 11 is 0. The van der Waals surface area contributed by atoms with Gasteiger partial charge in [0, 0.05) is 25.7 Å². The number of carbonyl (C=O) groups is 1. The normalized spacial score (nSPS) is 25.0. The summed E-state index contributed by atoms with van der Waals surface area (Å²) in [5.41, 5.74) is 0.600. The van der Waals surface area contributed by atoms with E-state index in [9.17, 15) is 9.90 Å². The van der Waals surface area contributed by atoms with Gasteiger partial charge in [-0.3, -0.25) is 9.69 Å². The minimum Gasteiger partial charge on any atom is -0.491 e. The van der Waals surface area contributed by atoms with Crippen molar-refractivity contribution < 1.29 is 14.6 Å². The molecule has 0 aromatic heterocycles. The largest absolute Gasteiger partial charge is 0.491 e. The van der Waals surface area contributed by atoms with Crippen LogP contribution in [-0.4, -0.2) is 65.7 Å². The number of nitrogens with zero attached hydrogens (tertiary/aromatic N) is 2. The van der Waals surface area contributed by atoms with Crippen molar-refractivity contribution in [3.8, 4) is 5.75 Å². The van der Waals surface area contributed by atoms with Crippen LogP contribution in [0, 0.1) is 0 Å². The van der Waals surface area contributed by atoms with Crippen molar-refractivity contribution in [3.05, 3.63) is 29.8 Å². The van der Waals surface area contributed by atoms with Crippen molar-refractivity contribution in [2.45, 2.75) is 51.2 Å². The molecule has 2 heterocycles. The molecule has 1 amide bonds. The van der Waals surface area contributed by atoms with Gasteiger partial charge in [-0.1, -0.05) is 18.6 Å². The molecule has 2 saturated heterocycles. The Labute approximate surface area is 150 Å². The smallest absolute Gasteiger partial charge is 0.257 e. The molecule has 3 rings (SSSR count). The summed E-state index contributed by atoms with van der Waals surface area (Å²) < 4.78 is 5.98. The monoisotopic (exact) mass is 346 g/mol. The molecule has 0 radical (unpaired) electrons. The van der Waals surface area contributed by atoms with Crippen molar-refractivity contribution in [1.82, 2.24) is 9.80 Å². The summed E-state index contributed by atoms with van der Waals surface area (Å²) in [5.74, 6) is 0.609. The fourth-order valence-corrected chi connectivity index (χ4v) is 3.84. The summed E-state index contributed by atoms with van der Waals surface area (Å²) in [6.45, 7) is 6.02. The molecule has 25 heavy (non-hydrogen) atoms. The number of benzene rings is 1. The lowest BCUT2D eigenvalue weighted by Gasteiger charge is -2.33. The Hall–Kier alpha value is -1.59. The van der Waals surface area contributed by atoms with Gasteiger partial charge in [0.25, 0.3) is 5.91 Å². The van der Waals surface area contributed by atoms with Crippen LogP contribution in [-0.2, 0) is 0 Å². The van der Waals surface area contributed by atoms with Crippen LogP contribution in [0.3, 0.4) is 0 Å². The van der Waals surface area contributed by atoms with Gasteiger partial charge in [-0.15, -0.1) is 0 Å². The molecule has 0 spiro atoms. The second kappa shape index (κ2) is 8.68. The van der Waals surface area contributed by atoms with E-state index < -0.39 is 6.10 Å². The van der Waals surface area contributed by atoms with Crippen LogP contribution in [0.2, 0.25) is 0 Å². The van der Waals surface area contributed by atoms with Gasteiger partial charge in [-0.2, -0.15) is 0 Å². The molecule has 1 aromatic rings. The lowest BCUT2D eigenvalue weighted by atomic mass is 10.0. The van der Waals surface area contributed by atoms with Gasteiger partial charge in [0.05, 0.1) is 11.7 Å². The van der Waals surface area contributed by atoms with E-state index in [4.69, 9.17) is 4.74 Å². The molecule has 138 valence electrons. The van der Waals surface area contributed by atoms with Gasteiger partial charge in [-0.25, -0.2) is 0 Å². The second-order valence-electron chi connectivity index (χ2n) is 7.27. The Morgan fingerprint density at radius 1 is 1.20 bits per heavy atom. The van der Waals surface area contributed by atoms with E-state index in [1.165, 1.54) is 19.3 Å². The SMILES string of the molecule is C[C@@H]1CCCCN1CCOc1ccccc1C(=O)N1CCC[C@@H](O)C1. The van der Waals surface area contributed by atoms with Crippen LogP contribution >= 0.6 is 0 Å². The maximum Gasteiger partial charge on any atom is 0.257 e. The Morgan fingerprint density at radius 3 is 2.84 bits per heavy atom. The van der Waals surface area contributed by atoms with Crippen LogP contribution in [0.15, 0.2) is 24.3 Å². The van der Waals surface area contributed by atoms with E-state index in [0.717, 1.165) is 25.9 Å². The van der Waals surface area contributed by atoms with E-state index in [-0.39, 0.29) is 5.91 Å². The summed E-state index contributed by atoms with van der Waals surface area (Å²) in [6, 6.07) is 8.08. The minimum atomic E-state index is -0.411. The molecular formula is C20H30N2O3. The van der Waals surface area contributed by atoms with E-state index in [1.54, 1.807) is 4.90 Å². The Morgan fingerprint density at radius 2 is 2.04 bits per heavy atom. The number of aliphatic hydroxyl groups excluding tert-OH is 1. The number of aliphatic hydroxyl groups is 1. The maximum atomic E-state index is 12.8. The van der Waals surface area contributed by atoms with Crippen molar-refractivity contribution in [2.24, 2.45) is 0 Å². The van der Waals surface area contributed by atoms with Gasteiger partial charge in [0.2, 0.25) is 0 Å². The number of amides is 1. The highest BCUT2D eigenvalue weighted by Crippen LogP contribution is 2.22. The third-order valence-corrected chi connectivity index (χ3v) is 5.38. The molecular weight excluding hydrogens is 316 g/mol. The zero-order chi connectivity index (χ0) is 17.6. The van der Waals surface area contributed by atoms with Crippen LogP contribution < -0.4 is 4.74 Å². The molecule has 0 saturated carbocycles. The number of rotatable bonds is 5. The van der Waals surface area contributed by atoms with Gasteiger partial charge in [0.15, 0.2) is 0 Å². The zero-order valence-electron chi connectivity index (χ0n) is 15.2. The fraction of sp³-hybridized carbons (Fsp3) is 0.650. The number of para-hydroxylation sites is 1. The average molecular weight is 346 g/mol. The maximum absolute atomic E-state index is 12.8. The van der Waals surface area contributed by atoms with E-state index >= 15 is 0 Å². The second-order valence-corrected chi connectivity index (χ2v) is 7.27. The van der Waals surface area contributed by atoms with Gasteiger partial charge in [-0.05, 0) is 51.3 Å². The number of ether oxygens (including phenoxy) is 1. The lowest BCUT2D eigenvalue weighted by molar-refractivity contribution is 0.0469. The summed E-state index contributed by atoms with van der Waals surface area (Å²) in [7, 11) is 0. The highest BCUT2D eigenvalue weighted by molar-refractivity contribution is 5.97. The van der Waals surface area contributed by atoms with E-state index in [1.807, 2.05) is 24.3 Å². The molecule has 1 N–H and O–H groups in total. The van der Waals surface area contributed by atoms with Crippen molar-refractivity contribution in [3.63, 3.8) is 0 Å². The number of β-amino-alcohol motifs (C(OH)–C–C–N with tert-alkyl or cyclic N) is 1. The van der Waals surface area contributed by atoms with Crippen molar-refractivity contribution >= 4 is 5.91 Å². The molecule has 0 bridgehead atoms. The van der Waals surface area contributed by atoms with Crippen molar-refractivity contribution in [1.29, 1.82) is 0 Å². The van der Waals surface area contributed by atoms with Gasteiger partial charge >= 0.3 is 0 Å². The topological polar surface area (TPSA) is 53.0 Å². The third kappa shape index (κ3) is 4.73. The Kier molecular flexibility index (Phi) is 6.32. The van der Waals surface area contributed by atoms with Crippen LogP contribution in [0.5, 0.6) is 5.75 Å². The molecule has 1 aromatic carbocycles. The van der Waals surface area contributed by atoms with Crippen molar-refractivity contribution in [2.75, 3.05) is 32.8 Å². The summed E-state index contributed by atoms with van der Waals surface area (Å²) in [6.07, 6.45) is 5.05. The first-order valence-electron chi connectivity index (χ1n) is 9.58. The molecule has 2 atom stereocenters. The predicted molar refractivity (Wildman–Crippen MR) is 98.0 cm³/mol. The standard InChI is InChI=1S/C20H30N2O3/c1-16-7-4-5-11-21(16)13-14-25-19-10-3-2-9-18(19)20(24)22-12-6-8-17(23)15-22/h2-3,9-10,16-17,23H,4-8,11-15H2,1H3/t16-,17-/m1/s1. The number of likely N-dealkylation sites (tertiary alicyclic amines) is 2. The number of hydrogen-bond acceptors (Lipinski definition) is 4. The third-order valence-electron chi connectivity index (χ3n) is 5.38. The van der Waals surface area contributed by atoms with Gasteiger partial charge in [0.1, 0.15) is 12.4 Å². The summed E-state index contributed by atoms with van der Waals surface area (Å²) in [5, 5.41) is 9.82. The summed E-state index contributed by atoms with van der Waals surface area (Å²) in [4.78, 5) is 17.0. The first-order valence-corrected chi connectivity index (χ1v) is 9.58.